The lowest BCUT2D eigenvalue weighted by Crippen LogP contribution is -2.26. The predicted octanol–water partition coefficient (Wildman–Crippen LogP) is 1.29. The second-order valence-electron chi connectivity index (χ2n) is 3.78. The van der Waals surface area contributed by atoms with E-state index in [-0.39, 0.29) is 12.6 Å². The Morgan fingerprint density at radius 3 is 2.47 bits per heavy atom. The fourth-order valence-electron chi connectivity index (χ4n) is 1.61. The molecular weight excluding hydrogens is 218 g/mol. The van der Waals surface area contributed by atoms with Crippen LogP contribution in [0.1, 0.15) is 22.8 Å². The van der Waals surface area contributed by atoms with Crippen LogP contribution in [0, 0.1) is 0 Å². The van der Waals surface area contributed by atoms with Gasteiger partial charge in [-0.25, -0.2) is 4.79 Å². The highest BCUT2D eigenvalue weighted by molar-refractivity contribution is 5.89. The summed E-state index contributed by atoms with van der Waals surface area (Å²) in [6.45, 7) is 4.54. The molecule has 0 unspecified atom stereocenters. The molecule has 0 aliphatic heterocycles. The number of aliphatic hydroxyl groups excluding tert-OH is 1. The molecular formula is C13H19NO3. The van der Waals surface area contributed by atoms with Crippen molar-refractivity contribution in [3.63, 3.8) is 0 Å². The van der Waals surface area contributed by atoms with Gasteiger partial charge < -0.3 is 9.84 Å². The van der Waals surface area contributed by atoms with Gasteiger partial charge in [0.05, 0.1) is 19.3 Å². The first kappa shape index (κ1) is 13.7. The third-order valence-electron chi connectivity index (χ3n) is 2.64. The third-order valence-corrected chi connectivity index (χ3v) is 2.64. The Morgan fingerprint density at radius 2 is 2.00 bits per heavy atom. The highest BCUT2D eigenvalue weighted by Crippen LogP contribution is 2.08. The first-order chi connectivity index (χ1) is 8.21. The molecule has 1 aromatic rings. The Balaban J connectivity index is 2.64. The molecule has 0 amide bonds. The fourth-order valence-corrected chi connectivity index (χ4v) is 1.61. The summed E-state index contributed by atoms with van der Waals surface area (Å²) in [5.41, 5.74) is 1.68. The molecule has 0 atom stereocenters. The SMILES string of the molecule is CCN(CCO)Cc1ccc(C(=O)OC)cc1. The molecule has 0 saturated carbocycles. The lowest BCUT2D eigenvalue weighted by molar-refractivity contribution is 0.0600. The number of hydrogen-bond acceptors (Lipinski definition) is 4. The highest BCUT2D eigenvalue weighted by Gasteiger charge is 2.06. The second kappa shape index (κ2) is 7.04. The van der Waals surface area contributed by atoms with Gasteiger partial charge in [0.1, 0.15) is 0 Å². The van der Waals surface area contributed by atoms with Crippen LogP contribution < -0.4 is 0 Å². The van der Waals surface area contributed by atoms with Crippen molar-refractivity contribution in [2.45, 2.75) is 13.5 Å². The summed E-state index contributed by atoms with van der Waals surface area (Å²) in [6, 6.07) is 7.33. The van der Waals surface area contributed by atoms with Crippen molar-refractivity contribution < 1.29 is 14.6 Å². The largest absolute Gasteiger partial charge is 0.465 e. The summed E-state index contributed by atoms with van der Waals surface area (Å²) in [5, 5.41) is 8.89. The molecule has 0 heterocycles. The third kappa shape index (κ3) is 4.17. The summed E-state index contributed by atoms with van der Waals surface area (Å²) in [5.74, 6) is -0.320. The Kier molecular flexibility index (Phi) is 5.66. The molecule has 0 saturated heterocycles. The average molecular weight is 237 g/mol. The van der Waals surface area contributed by atoms with E-state index in [9.17, 15) is 4.79 Å². The zero-order valence-corrected chi connectivity index (χ0v) is 10.3. The van der Waals surface area contributed by atoms with Gasteiger partial charge in [-0.05, 0) is 24.2 Å². The van der Waals surface area contributed by atoms with Crippen LogP contribution in [0.5, 0.6) is 0 Å². The van der Waals surface area contributed by atoms with Gasteiger partial charge in [0, 0.05) is 13.1 Å². The van der Waals surface area contributed by atoms with Crippen molar-refractivity contribution in [1.29, 1.82) is 0 Å². The summed E-state index contributed by atoms with van der Waals surface area (Å²) in [6.07, 6.45) is 0. The predicted molar refractivity (Wildman–Crippen MR) is 65.8 cm³/mol. The fraction of sp³-hybridized carbons (Fsp3) is 0.462. The maximum Gasteiger partial charge on any atom is 0.337 e. The minimum absolute atomic E-state index is 0.161. The van der Waals surface area contributed by atoms with Crippen molar-refractivity contribution in [1.82, 2.24) is 4.90 Å². The molecule has 1 rings (SSSR count). The van der Waals surface area contributed by atoms with E-state index >= 15 is 0 Å². The van der Waals surface area contributed by atoms with E-state index in [2.05, 4.69) is 16.6 Å². The molecule has 94 valence electrons. The molecule has 1 N–H and O–H groups in total. The molecule has 0 fully saturated rings. The number of methoxy groups -OCH3 is 1. The zero-order chi connectivity index (χ0) is 12.7. The number of carbonyl (C=O) groups excluding carboxylic acids is 1. The van der Waals surface area contributed by atoms with E-state index in [1.165, 1.54) is 7.11 Å². The van der Waals surface area contributed by atoms with E-state index in [0.717, 1.165) is 18.7 Å². The number of ether oxygens (including phenoxy) is 1. The Labute approximate surface area is 102 Å². The number of rotatable bonds is 6. The van der Waals surface area contributed by atoms with Gasteiger partial charge in [-0.1, -0.05) is 19.1 Å². The van der Waals surface area contributed by atoms with Crippen LogP contribution in [0.25, 0.3) is 0 Å². The Hall–Kier alpha value is -1.39. The zero-order valence-electron chi connectivity index (χ0n) is 10.3. The van der Waals surface area contributed by atoms with Gasteiger partial charge in [0.15, 0.2) is 0 Å². The molecule has 0 aliphatic carbocycles. The number of hydrogen-bond donors (Lipinski definition) is 1. The van der Waals surface area contributed by atoms with E-state index in [1.54, 1.807) is 12.1 Å². The minimum atomic E-state index is -0.320. The van der Waals surface area contributed by atoms with Crippen LogP contribution in [-0.4, -0.2) is 42.8 Å². The standard InChI is InChI=1S/C13H19NO3/c1-3-14(8-9-15)10-11-4-6-12(7-5-11)13(16)17-2/h4-7,15H,3,8-10H2,1-2H3. The van der Waals surface area contributed by atoms with Crippen LogP contribution in [0.2, 0.25) is 0 Å². The van der Waals surface area contributed by atoms with Crippen LogP contribution in [0.4, 0.5) is 0 Å². The van der Waals surface area contributed by atoms with Crippen molar-refractivity contribution in [3.8, 4) is 0 Å². The van der Waals surface area contributed by atoms with Gasteiger partial charge >= 0.3 is 5.97 Å². The number of aliphatic hydroxyl groups is 1. The number of nitrogens with zero attached hydrogens (tertiary/aromatic N) is 1. The monoisotopic (exact) mass is 237 g/mol. The molecule has 0 aliphatic rings. The number of likely N-dealkylation sites (N-methyl/N-ethyl adjacent to an activating group) is 1. The molecule has 1 aromatic carbocycles. The number of benzene rings is 1. The first-order valence-corrected chi connectivity index (χ1v) is 5.71. The van der Waals surface area contributed by atoms with Crippen molar-refractivity contribution in [2.24, 2.45) is 0 Å². The quantitative estimate of drug-likeness (QED) is 0.757. The van der Waals surface area contributed by atoms with Crippen molar-refractivity contribution >= 4 is 5.97 Å². The molecule has 0 bridgehead atoms. The van der Waals surface area contributed by atoms with Gasteiger partial charge in [0.25, 0.3) is 0 Å². The van der Waals surface area contributed by atoms with Crippen LogP contribution >= 0.6 is 0 Å². The van der Waals surface area contributed by atoms with Crippen LogP contribution in [0.3, 0.4) is 0 Å². The average Bonchev–Trinajstić information content (AvgIpc) is 2.38. The summed E-state index contributed by atoms with van der Waals surface area (Å²) in [4.78, 5) is 13.4. The highest BCUT2D eigenvalue weighted by atomic mass is 16.5. The number of carbonyl (C=O) groups is 1. The van der Waals surface area contributed by atoms with E-state index in [4.69, 9.17) is 5.11 Å². The minimum Gasteiger partial charge on any atom is -0.465 e. The summed E-state index contributed by atoms with van der Waals surface area (Å²) < 4.78 is 4.63. The summed E-state index contributed by atoms with van der Waals surface area (Å²) >= 11 is 0. The van der Waals surface area contributed by atoms with Crippen LogP contribution in [0.15, 0.2) is 24.3 Å². The summed E-state index contributed by atoms with van der Waals surface area (Å²) in [7, 11) is 1.37. The topological polar surface area (TPSA) is 49.8 Å². The van der Waals surface area contributed by atoms with Crippen molar-refractivity contribution in [2.75, 3.05) is 26.8 Å². The Morgan fingerprint density at radius 1 is 1.35 bits per heavy atom. The molecule has 4 nitrogen and oxygen atoms in total. The van der Waals surface area contributed by atoms with Crippen molar-refractivity contribution in [3.05, 3.63) is 35.4 Å². The maximum atomic E-state index is 11.2. The smallest absolute Gasteiger partial charge is 0.337 e. The normalized spacial score (nSPS) is 10.6. The molecule has 0 aromatic heterocycles. The van der Waals surface area contributed by atoms with E-state index < -0.39 is 0 Å². The molecule has 0 radical (unpaired) electrons. The van der Waals surface area contributed by atoms with Crippen LogP contribution in [-0.2, 0) is 11.3 Å². The van der Waals surface area contributed by atoms with Gasteiger partial charge in [0.2, 0.25) is 0 Å². The maximum absolute atomic E-state index is 11.2. The van der Waals surface area contributed by atoms with Gasteiger partial charge in [-0.15, -0.1) is 0 Å². The molecule has 0 spiro atoms. The second-order valence-corrected chi connectivity index (χ2v) is 3.78. The van der Waals surface area contributed by atoms with Gasteiger partial charge in [-0.3, -0.25) is 4.90 Å². The molecule has 17 heavy (non-hydrogen) atoms. The Bertz CT molecular complexity index is 348. The van der Waals surface area contributed by atoms with E-state index in [0.29, 0.717) is 12.1 Å². The van der Waals surface area contributed by atoms with E-state index in [1.807, 2.05) is 12.1 Å². The lowest BCUT2D eigenvalue weighted by atomic mass is 10.1. The van der Waals surface area contributed by atoms with Gasteiger partial charge in [-0.2, -0.15) is 0 Å². The molecule has 4 heteroatoms. The number of esters is 1. The first-order valence-electron chi connectivity index (χ1n) is 5.71. The lowest BCUT2D eigenvalue weighted by Gasteiger charge is -2.19.